The van der Waals surface area contributed by atoms with Crippen molar-refractivity contribution in [2.24, 2.45) is 0 Å². The number of hydrogen-bond acceptors (Lipinski definition) is 3. The molecule has 0 atom stereocenters. The molecule has 0 amide bonds. The van der Waals surface area contributed by atoms with Gasteiger partial charge < -0.3 is 0 Å². The number of nitrogens with zero attached hydrogens (tertiary/aromatic N) is 2. The number of benzene rings is 5. The van der Waals surface area contributed by atoms with Crippen molar-refractivity contribution in [1.29, 1.82) is 5.26 Å². The van der Waals surface area contributed by atoms with Crippen molar-refractivity contribution in [2.75, 3.05) is 6.61 Å². The van der Waals surface area contributed by atoms with E-state index in [2.05, 4.69) is 12.1 Å². The van der Waals surface area contributed by atoms with Crippen LogP contribution in [0, 0.1) is 11.3 Å². The van der Waals surface area contributed by atoms with Gasteiger partial charge in [0.2, 0.25) is 0 Å². The van der Waals surface area contributed by atoms with Crippen molar-refractivity contribution >= 4 is 49.6 Å². The molecule has 1 aromatic heterocycles. The molecule has 0 unspecified atom stereocenters. The van der Waals surface area contributed by atoms with Gasteiger partial charge in [0, 0.05) is 17.2 Å². The van der Waals surface area contributed by atoms with Crippen LogP contribution in [0.4, 0.5) is 105 Å². The zero-order chi connectivity index (χ0) is 55.1. The van der Waals surface area contributed by atoms with Gasteiger partial charge in [0.1, 0.15) is 10.8 Å². The summed E-state index contributed by atoms with van der Waals surface area (Å²) in [5, 5.41) is 8.40. The van der Waals surface area contributed by atoms with Gasteiger partial charge in [-0.1, -0.05) is 72.0 Å². The van der Waals surface area contributed by atoms with Gasteiger partial charge in [0.15, 0.2) is 6.61 Å². The molecule has 29 heteroatoms. The molecule has 0 fully saturated rings. The molecule has 0 bridgehead atoms. The molecular formula is C44H25BF24N2OS. The summed E-state index contributed by atoms with van der Waals surface area (Å²) in [6.07, 6.45) is -52.4. The molecule has 0 N–H and O–H groups in total. The second-order valence-corrected chi connectivity index (χ2v) is 16.6. The first-order chi connectivity index (χ1) is 33.2. The molecule has 0 aliphatic rings. The molecule has 73 heavy (non-hydrogen) atoms. The molecule has 394 valence electrons. The number of fused-ring (bicyclic) bond motifs is 1. The van der Waals surface area contributed by atoms with Gasteiger partial charge in [-0.3, -0.25) is 4.84 Å². The van der Waals surface area contributed by atoms with E-state index in [1.807, 2.05) is 28.4 Å². The van der Waals surface area contributed by atoms with Crippen molar-refractivity contribution in [3.05, 3.63) is 147 Å². The Bertz CT molecular complexity index is 2530. The Morgan fingerprint density at radius 3 is 0.945 bits per heavy atom. The van der Waals surface area contributed by atoms with Crippen LogP contribution in [0.3, 0.4) is 0 Å². The van der Waals surface area contributed by atoms with E-state index in [0.29, 0.717) is 13.0 Å². The van der Waals surface area contributed by atoms with E-state index in [1.165, 1.54) is 4.70 Å². The van der Waals surface area contributed by atoms with E-state index in [-0.39, 0.29) is 0 Å². The second-order valence-electron chi connectivity index (χ2n) is 15.7. The van der Waals surface area contributed by atoms with E-state index in [0.717, 1.165) is 18.4 Å². The van der Waals surface area contributed by atoms with E-state index >= 15 is 0 Å². The molecule has 0 saturated carbocycles. The third-order valence-electron chi connectivity index (χ3n) is 10.7. The summed E-state index contributed by atoms with van der Waals surface area (Å²) < 4.78 is 344. The fraction of sp³-hybridized carbons (Fsp3) is 0.273. The van der Waals surface area contributed by atoms with E-state index in [4.69, 9.17) is 10.1 Å². The summed E-state index contributed by atoms with van der Waals surface area (Å²) in [4.78, 5) is 5.62. The van der Waals surface area contributed by atoms with Crippen LogP contribution >= 0.6 is 11.3 Å². The van der Waals surface area contributed by atoms with Crippen LogP contribution in [0.15, 0.2) is 103 Å². The maximum Gasteiger partial charge on any atom is 0.416 e. The average Bonchev–Trinajstić information content (AvgIpc) is 3.67. The highest BCUT2D eigenvalue weighted by atomic mass is 32.1. The minimum atomic E-state index is -6.13. The van der Waals surface area contributed by atoms with Gasteiger partial charge in [-0.15, -0.1) is 0 Å². The van der Waals surface area contributed by atoms with Crippen LogP contribution in [0.5, 0.6) is 0 Å². The fourth-order valence-corrected chi connectivity index (χ4v) is 8.36. The third kappa shape index (κ3) is 13.5. The van der Waals surface area contributed by atoms with Gasteiger partial charge in [-0.25, -0.2) is 0 Å². The summed E-state index contributed by atoms with van der Waals surface area (Å²) in [7, 11) is 0. The molecule has 0 spiro atoms. The SMILES string of the molecule is FC(F)(F)c1cc([B-](c2cc(C(F)(F)F)cc(C(F)(F)F)c2)(c2cc(C(F)(F)F)cc(C(F)(F)F)c2)c2cc(C(F)(F)F)cc(C(F)(F)F)c2)cc(C(F)(F)F)c1.N#CCCCCO[n+]1csc2ccccc21. The van der Waals surface area contributed by atoms with Crippen LogP contribution in [0.25, 0.3) is 10.2 Å². The van der Waals surface area contributed by atoms with E-state index in [9.17, 15) is 105 Å². The molecule has 0 saturated heterocycles. The Labute approximate surface area is 397 Å². The lowest BCUT2D eigenvalue weighted by atomic mass is 9.12. The maximum atomic E-state index is 14.2. The average molecular weight is 1100 g/mol. The zero-order valence-corrected chi connectivity index (χ0v) is 36.3. The first-order valence-electron chi connectivity index (χ1n) is 19.9. The van der Waals surface area contributed by atoms with Gasteiger partial charge in [0.05, 0.1) is 50.6 Å². The smallest absolute Gasteiger partial charge is 0.270 e. The molecular weight excluding hydrogens is 1070 g/mol. The molecule has 0 aliphatic carbocycles. The summed E-state index contributed by atoms with van der Waals surface area (Å²) in [6, 6.07) is 1.47. The Kier molecular flexibility index (Phi) is 15.9. The Morgan fingerprint density at radius 1 is 0.411 bits per heavy atom. The minimum Gasteiger partial charge on any atom is -0.270 e. The molecule has 1 heterocycles. The predicted molar refractivity (Wildman–Crippen MR) is 213 cm³/mol. The lowest BCUT2D eigenvalue weighted by Crippen LogP contribution is -2.75. The van der Waals surface area contributed by atoms with Crippen molar-refractivity contribution in [2.45, 2.75) is 68.7 Å². The van der Waals surface area contributed by atoms with Crippen LogP contribution in [-0.4, -0.2) is 12.8 Å². The van der Waals surface area contributed by atoms with Gasteiger partial charge in [-0.2, -0.15) is 132 Å². The monoisotopic (exact) mass is 1100 g/mol. The van der Waals surface area contributed by atoms with Gasteiger partial charge >= 0.3 is 49.4 Å². The zero-order valence-electron chi connectivity index (χ0n) is 35.5. The molecule has 6 rings (SSSR count). The summed E-state index contributed by atoms with van der Waals surface area (Å²) in [5.74, 6) is 0. The van der Waals surface area contributed by atoms with Crippen LogP contribution in [0.2, 0.25) is 0 Å². The highest BCUT2D eigenvalue weighted by Gasteiger charge is 2.47. The van der Waals surface area contributed by atoms with Crippen LogP contribution in [-0.2, 0) is 49.4 Å². The number of thiazole rings is 1. The Balaban J connectivity index is 0.000000520. The van der Waals surface area contributed by atoms with Crippen molar-refractivity contribution < 1.29 is 115 Å². The number of unbranched alkanes of at least 4 members (excludes halogenated alkanes) is 2. The Hall–Kier alpha value is -6.34. The largest absolute Gasteiger partial charge is 0.416 e. The Morgan fingerprint density at radius 2 is 0.685 bits per heavy atom. The first-order valence-corrected chi connectivity index (χ1v) is 20.8. The van der Waals surface area contributed by atoms with Gasteiger partial charge in [0.25, 0.3) is 11.0 Å². The highest BCUT2D eigenvalue weighted by Crippen LogP contribution is 2.41. The summed E-state index contributed by atoms with van der Waals surface area (Å²) in [5.41, 5.74) is -27.1. The first kappa shape index (κ1) is 57.6. The number of aromatic nitrogens is 1. The summed E-state index contributed by atoms with van der Waals surface area (Å²) in [6.45, 7) is 0.660. The lowest BCUT2D eigenvalue weighted by Gasteiger charge is -2.46. The molecule has 5 aromatic carbocycles. The number of para-hydroxylation sites is 1. The van der Waals surface area contributed by atoms with E-state index in [1.54, 1.807) is 11.3 Å². The van der Waals surface area contributed by atoms with Crippen molar-refractivity contribution in [3.8, 4) is 6.07 Å². The van der Waals surface area contributed by atoms with Crippen molar-refractivity contribution in [1.82, 2.24) is 0 Å². The van der Waals surface area contributed by atoms with Crippen LogP contribution in [0.1, 0.15) is 63.8 Å². The third-order valence-corrected chi connectivity index (χ3v) is 11.6. The minimum absolute atomic E-state index is 0.610. The lowest BCUT2D eigenvalue weighted by molar-refractivity contribution is -0.868. The number of nitriles is 1. The quantitative estimate of drug-likeness (QED) is 0.0626. The number of hydrogen-bond donors (Lipinski definition) is 0. The van der Waals surface area contributed by atoms with Crippen molar-refractivity contribution in [3.63, 3.8) is 0 Å². The molecule has 0 aliphatic heterocycles. The highest BCUT2D eigenvalue weighted by molar-refractivity contribution is 7.20. The summed E-state index contributed by atoms with van der Waals surface area (Å²) >= 11 is 1.67. The second kappa shape index (κ2) is 20.2. The molecule has 0 radical (unpaired) electrons. The number of rotatable bonds is 9. The number of alkyl halides is 24. The number of halogens is 24. The van der Waals surface area contributed by atoms with E-state index < -0.39 is 195 Å². The van der Waals surface area contributed by atoms with Crippen LogP contribution < -0.4 is 31.4 Å². The molecule has 3 nitrogen and oxygen atoms in total. The topological polar surface area (TPSA) is 36.9 Å². The fourth-order valence-electron chi connectivity index (χ4n) is 7.54. The maximum absolute atomic E-state index is 14.2. The predicted octanol–water partition coefficient (Wildman–Crippen LogP) is 13.5. The standard InChI is InChI=1S/C32H12BF24.C12H13N2OS/c34-25(35,36)13-1-14(26(37,38)39)6-21(5-13)33(22-7-15(27(40,41)42)2-16(8-22)28(43,44)45,23-9-17(29(46,47)48)3-18(10-23)30(49,50)51)24-11-19(31(52,53)54)4-20(12-24)32(55,56)57;13-8-4-1-5-9-15-14-10-16-12-7-3-2-6-11(12)14/h1-12H;2-3,6-7,10H,1,4-5,9H2/q-1;+1. The van der Waals surface area contributed by atoms with Gasteiger partial charge in [-0.05, 0) is 43.2 Å². The normalized spacial score (nSPS) is 13.4. The molecule has 6 aromatic rings.